The summed E-state index contributed by atoms with van der Waals surface area (Å²) in [6.45, 7) is 3.02. The monoisotopic (exact) mass is 380 g/mol. The molecule has 0 fully saturated rings. The molecule has 0 radical (unpaired) electrons. The molecule has 0 aliphatic rings. The molecule has 10 heteroatoms. The smallest absolute Gasteiger partial charge is 0.243 e. The number of aromatic nitrogens is 4. The van der Waals surface area contributed by atoms with Gasteiger partial charge in [-0.25, -0.2) is 20.4 Å². The first kappa shape index (κ1) is 20.1. The predicted octanol–water partition coefficient (Wildman–Crippen LogP) is 2.38. The van der Waals surface area contributed by atoms with E-state index in [0.29, 0.717) is 13.0 Å². The molecule has 2 N–H and O–H groups in total. The van der Waals surface area contributed by atoms with E-state index in [4.69, 9.17) is 9.94 Å². The van der Waals surface area contributed by atoms with Crippen LogP contribution in [0.15, 0.2) is 12.4 Å². The Morgan fingerprint density at radius 3 is 2.81 bits per heavy atom. The maximum absolute atomic E-state index is 11.0. The highest BCUT2D eigenvalue weighted by Crippen LogP contribution is 2.26. The minimum absolute atomic E-state index is 0.335. The molecule has 0 aliphatic heterocycles. The Kier molecular flexibility index (Phi) is 8.32. The van der Waals surface area contributed by atoms with Crippen LogP contribution < -0.4 is 10.4 Å². The summed E-state index contributed by atoms with van der Waals surface area (Å²) in [7, 11) is 1.63. The molecule has 0 bridgehead atoms. The Morgan fingerprint density at radius 2 is 2.12 bits per heavy atom. The van der Waals surface area contributed by atoms with Crippen LogP contribution in [-0.4, -0.2) is 44.1 Å². The fourth-order valence-corrected chi connectivity index (χ4v) is 3.14. The van der Waals surface area contributed by atoms with E-state index >= 15 is 0 Å². The zero-order valence-corrected chi connectivity index (χ0v) is 15.8. The SMILES string of the molecule is COCc1cc(N(CCCCCCC(=O)NO)c2nc(C)ns2)ncn1. The van der Waals surface area contributed by atoms with Crippen molar-refractivity contribution in [3.8, 4) is 0 Å². The lowest BCUT2D eigenvalue weighted by molar-refractivity contribution is -0.129. The largest absolute Gasteiger partial charge is 0.378 e. The van der Waals surface area contributed by atoms with Crippen LogP contribution in [-0.2, 0) is 16.1 Å². The third-order valence-electron chi connectivity index (χ3n) is 3.69. The summed E-state index contributed by atoms with van der Waals surface area (Å²) in [6.07, 6.45) is 5.40. The number of unbranched alkanes of at least 4 members (excludes halogenated alkanes) is 3. The van der Waals surface area contributed by atoms with Crippen LogP contribution >= 0.6 is 11.5 Å². The van der Waals surface area contributed by atoms with E-state index in [1.165, 1.54) is 17.9 Å². The Bertz CT molecular complexity index is 696. The van der Waals surface area contributed by atoms with Gasteiger partial charge in [-0.15, -0.1) is 0 Å². The van der Waals surface area contributed by atoms with Crippen LogP contribution in [0.1, 0.15) is 43.6 Å². The van der Waals surface area contributed by atoms with Gasteiger partial charge in [0.1, 0.15) is 18.0 Å². The Morgan fingerprint density at radius 1 is 1.31 bits per heavy atom. The number of nitrogens with zero attached hydrogens (tertiary/aromatic N) is 5. The number of carbonyl (C=O) groups is 1. The van der Waals surface area contributed by atoms with Crippen molar-refractivity contribution in [2.75, 3.05) is 18.6 Å². The number of aryl methyl sites for hydroxylation is 1. The minimum Gasteiger partial charge on any atom is -0.378 e. The Hall–Kier alpha value is -2.17. The topological polar surface area (TPSA) is 113 Å². The number of carbonyl (C=O) groups excluding carboxylic acids is 1. The first-order valence-electron chi connectivity index (χ1n) is 8.44. The molecule has 26 heavy (non-hydrogen) atoms. The van der Waals surface area contributed by atoms with Gasteiger partial charge in [-0.2, -0.15) is 4.37 Å². The zero-order chi connectivity index (χ0) is 18.8. The summed E-state index contributed by atoms with van der Waals surface area (Å²) in [5.74, 6) is 1.15. The Balaban J connectivity index is 1.97. The fourth-order valence-electron chi connectivity index (χ4n) is 2.43. The number of ether oxygens (including phenoxy) is 1. The third-order valence-corrected chi connectivity index (χ3v) is 4.52. The van der Waals surface area contributed by atoms with Crippen molar-refractivity contribution in [2.45, 2.75) is 45.6 Å². The van der Waals surface area contributed by atoms with Crippen LogP contribution in [0, 0.1) is 6.92 Å². The minimum atomic E-state index is -0.345. The summed E-state index contributed by atoms with van der Waals surface area (Å²) in [6, 6.07) is 1.89. The standard InChI is InChI=1S/C16H24N6O3S/c1-12-19-16(26-21-12)22(8-6-4-3-5-7-15(23)20-24)14-9-13(10-25-2)17-11-18-14/h9,11,24H,3-8,10H2,1-2H3,(H,20,23). The number of nitrogens with one attached hydrogen (secondary N) is 1. The van der Waals surface area contributed by atoms with Gasteiger partial charge < -0.3 is 9.64 Å². The van der Waals surface area contributed by atoms with Crippen molar-refractivity contribution in [1.82, 2.24) is 24.8 Å². The van der Waals surface area contributed by atoms with E-state index in [1.807, 2.05) is 17.9 Å². The van der Waals surface area contributed by atoms with Crippen LogP contribution in [0.5, 0.6) is 0 Å². The lowest BCUT2D eigenvalue weighted by Gasteiger charge is -2.20. The van der Waals surface area contributed by atoms with Gasteiger partial charge >= 0.3 is 0 Å². The van der Waals surface area contributed by atoms with E-state index < -0.39 is 0 Å². The lowest BCUT2D eigenvalue weighted by atomic mass is 10.1. The van der Waals surface area contributed by atoms with Crippen molar-refractivity contribution in [3.63, 3.8) is 0 Å². The molecule has 2 aromatic heterocycles. The average Bonchev–Trinajstić information content (AvgIpc) is 3.07. The van der Waals surface area contributed by atoms with Gasteiger partial charge in [0.05, 0.1) is 12.3 Å². The number of anilines is 2. The number of rotatable bonds is 11. The summed E-state index contributed by atoms with van der Waals surface area (Å²) in [5.41, 5.74) is 2.45. The van der Waals surface area contributed by atoms with Gasteiger partial charge in [0.15, 0.2) is 0 Å². The van der Waals surface area contributed by atoms with E-state index in [-0.39, 0.29) is 5.91 Å². The number of methoxy groups -OCH3 is 1. The quantitative estimate of drug-likeness (QED) is 0.347. The average molecular weight is 380 g/mol. The second-order valence-electron chi connectivity index (χ2n) is 5.78. The number of hydroxylamine groups is 1. The zero-order valence-electron chi connectivity index (χ0n) is 15.0. The highest BCUT2D eigenvalue weighted by Gasteiger charge is 2.15. The van der Waals surface area contributed by atoms with Gasteiger partial charge in [0, 0.05) is 37.7 Å². The summed E-state index contributed by atoms with van der Waals surface area (Å²) < 4.78 is 9.40. The van der Waals surface area contributed by atoms with Gasteiger partial charge in [-0.1, -0.05) is 12.8 Å². The molecule has 0 saturated carbocycles. The van der Waals surface area contributed by atoms with Crippen LogP contribution in [0.4, 0.5) is 10.9 Å². The van der Waals surface area contributed by atoms with E-state index in [2.05, 4.69) is 19.3 Å². The second-order valence-corrected chi connectivity index (χ2v) is 6.51. The molecule has 0 aromatic carbocycles. The van der Waals surface area contributed by atoms with E-state index in [1.54, 1.807) is 12.6 Å². The molecule has 2 heterocycles. The highest BCUT2D eigenvalue weighted by atomic mass is 32.1. The van der Waals surface area contributed by atoms with Crippen LogP contribution in [0.2, 0.25) is 0 Å². The first-order valence-corrected chi connectivity index (χ1v) is 9.22. The maximum atomic E-state index is 11.0. The molecule has 0 unspecified atom stereocenters. The normalized spacial score (nSPS) is 10.7. The molecule has 0 atom stereocenters. The molecule has 0 saturated heterocycles. The van der Waals surface area contributed by atoms with E-state index in [0.717, 1.165) is 54.7 Å². The molecule has 142 valence electrons. The molecule has 2 aromatic rings. The number of amides is 1. The summed E-state index contributed by atoms with van der Waals surface area (Å²) >= 11 is 1.34. The fraction of sp³-hybridized carbons (Fsp3) is 0.562. The summed E-state index contributed by atoms with van der Waals surface area (Å²) in [4.78, 5) is 26.1. The molecule has 1 amide bonds. The van der Waals surface area contributed by atoms with Crippen molar-refractivity contribution in [3.05, 3.63) is 23.9 Å². The number of hydrogen-bond acceptors (Lipinski definition) is 9. The van der Waals surface area contributed by atoms with Crippen molar-refractivity contribution < 1.29 is 14.7 Å². The second kappa shape index (κ2) is 10.7. The first-order chi connectivity index (χ1) is 12.6. The van der Waals surface area contributed by atoms with Crippen LogP contribution in [0.25, 0.3) is 0 Å². The predicted molar refractivity (Wildman–Crippen MR) is 97.4 cm³/mol. The molecular weight excluding hydrogens is 356 g/mol. The Labute approximate surface area is 156 Å². The van der Waals surface area contributed by atoms with E-state index in [9.17, 15) is 4.79 Å². The number of hydrogen-bond donors (Lipinski definition) is 2. The molecule has 9 nitrogen and oxygen atoms in total. The lowest BCUT2D eigenvalue weighted by Crippen LogP contribution is -2.20. The van der Waals surface area contributed by atoms with Crippen LogP contribution in [0.3, 0.4) is 0 Å². The van der Waals surface area contributed by atoms with Crippen molar-refractivity contribution in [2.24, 2.45) is 0 Å². The highest BCUT2D eigenvalue weighted by molar-refractivity contribution is 7.09. The maximum Gasteiger partial charge on any atom is 0.243 e. The van der Waals surface area contributed by atoms with Gasteiger partial charge in [0.25, 0.3) is 0 Å². The third kappa shape index (κ3) is 6.28. The van der Waals surface area contributed by atoms with Crippen molar-refractivity contribution >= 4 is 28.4 Å². The molecule has 0 spiro atoms. The van der Waals surface area contributed by atoms with Gasteiger partial charge in [-0.05, 0) is 19.8 Å². The molecular formula is C16H24N6O3S. The molecule has 0 aliphatic carbocycles. The van der Waals surface area contributed by atoms with Crippen molar-refractivity contribution in [1.29, 1.82) is 0 Å². The van der Waals surface area contributed by atoms with Gasteiger partial charge in [-0.3, -0.25) is 10.0 Å². The summed E-state index contributed by atoms with van der Waals surface area (Å²) in [5, 5.41) is 9.28. The van der Waals surface area contributed by atoms with Gasteiger partial charge in [0.2, 0.25) is 11.0 Å². The molecule has 2 rings (SSSR count).